The molecule has 0 aliphatic carbocycles. The molecule has 1 aliphatic rings. The van der Waals surface area contributed by atoms with Crippen LogP contribution in [0.1, 0.15) is 29.3 Å². The van der Waals surface area contributed by atoms with Crippen molar-refractivity contribution in [2.24, 2.45) is 5.92 Å². The van der Waals surface area contributed by atoms with Crippen LogP contribution in [0, 0.1) is 18.7 Å². The zero-order valence-electron chi connectivity index (χ0n) is 10.8. The second-order valence-electron chi connectivity index (χ2n) is 5.01. The predicted molar refractivity (Wildman–Crippen MR) is 69.0 cm³/mol. The summed E-state index contributed by atoms with van der Waals surface area (Å²) in [5.41, 5.74) is 0.940. The van der Waals surface area contributed by atoms with Crippen LogP contribution in [0.5, 0.6) is 0 Å². The first-order valence-electron chi connectivity index (χ1n) is 6.35. The third kappa shape index (κ3) is 2.88. The fourth-order valence-corrected chi connectivity index (χ4v) is 2.17. The second kappa shape index (κ2) is 5.48. The Bertz CT molecular complexity index is 447. The van der Waals surface area contributed by atoms with E-state index in [0.29, 0.717) is 17.0 Å². The predicted octanol–water partition coefficient (Wildman–Crippen LogP) is 1.86. The van der Waals surface area contributed by atoms with Gasteiger partial charge in [-0.05, 0) is 43.5 Å². The second-order valence-corrected chi connectivity index (χ2v) is 5.01. The van der Waals surface area contributed by atoms with Gasteiger partial charge >= 0.3 is 0 Å². The first-order chi connectivity index (χ1) is 8.58. The van der Waals surface area contributed by atoms with Gasteiger partial charge in [0.2, 0.25) is 0 Å². The van der Waals surface area contributed by atoms with Crippen LogP contribution in [-0.2, 0) is 0 Å². The number of benzene rings is 1. The Hall–Kier alpha value is -1.42. The van der Waals surface area contributed by atoms with Crippen LogP contribution in [0.3, 0.4) is 0 Å². The number of aryl methyl sites for hydroxylation is 1. The van der Waals surface area contributed by atoms with Crippen LogP contribution in [0.2, 0.25) is 0 Å². The van der Waals surface area contributed by atoms with Gasteiger partial charge in [0, 0.05) is 18.2 Å². The van der Waals surface area contributed by atoms with Crippen LogP contribution in [0.4, 0.5) is 4.39 Å². The minimum Gasteiger partial charge on any atom is -0.348 e. The summed E-state index contributed by atoms with van der Waals surface area (Å²) in [7, 11) is 0. The van der Waals surface area contributed by atoms with E-state index in [1.165, 1.54) is 6.07 Å². The third-order valence-electron chi connectivity index (χ3n) is 3.58. The molecular formula is C14H19FN2O. The van der Waals surface area contributed by atoms with Gasteiger partial charge < -0.3 is 10.6 Å². The van der Waals surface area contributed by atoms with Gasteiger partial charge in [0.05, 0.1) is 0 Å². The highest BCUT2D eigenvalue weighted by molar-refractivity contribution is 5.94. The average Bonchev–Trinajstić information content (AvgIpc) is 2.35. The van der Waals surface area contributed by atoms with Gasteiger partial charge in [-0.2, -0.15) is 0 Å². The molecule has 3 nitrogen and oxygen atoms in total. The zero-order valence-corrected chi connectivity index (χ0v) is 10.8. The molecule has 2 rings (SSSR count). The van der Waals surface area contributed by atoms with Gasteiger partial charge in [-0.25, -0.2) is 4.39 Å². The van der Waals surface area contributed by atoms with E-state index in [1.54, 1.807) is 19.1 Å². The number of rotatable bonds is 2. The van der Waals surface area contributed by atoms with Crippen molar-refractivity contribution in [2.45, 2.75) is 26.3 Å². The monoisotopic (exact) mass is 250 g/mol. The summed E-state index contributed by atoms with van der Waals surface area (Å²) in [4.78, 5) is 12.0. The van der Waals surface area contributed by atoms with E-state index in [4.69, 9.17) is 0 Å². The summed E-state index contributed by atoms with van der Waals surface area (Å²) in [6.07, 6.45) is 1.05. The molecule has 4 heteroatoms. The molecule has 18 heavy (non-hydrogen) atoms. The van der Waals surface area contributed by atoms with Crippen molar-refractivity contribution in [3.05, 3.63) is 35.1 Å². The SMILES string of the molecule is Cc1ccc(C(=O)NC2CNCCC2C)cc1F. The molecule has 0 aromatic heterocycles. The number of piperidine rings is 1. The zero-order chi connectivity index (χ0) is 13.1. The van der Waals surface area contributed by atoms with E-state index in [0.717, 1.165) is 19.5 Å². The van der Waals surface area contributed by atoms with E-state index >= 15 is 0 Å². The minimum absolute atomic E-state index is 0.121. The summed E-state index contributed by atoms with van der Waals surface area (Å²) >= 11 is 0. The fraction of sp³-hybridized carbons (Fsp3) is 0.500. The van der Waals surface area contributed by atoms with Gasteiger partial charge in [0.15, 0.2) is 0 Å². The van der Waals surface area contributed by atoms with Crippen molar-refractivity contribution >= 4 is 5.91 Å². The molecule has 2 atom stereocenters. The highest BCUT2D eigenvalue weighted by Gasteiger charge is 2.23. The largest absolute Gasteiger partial charge is 0.348 e. The number of halogens is 1. The normalized spacial score (nSPS) is 23.7. The Balaban J connectivity index is 2.04. The quantitative estimate of drug-likeness (QED) is 0.841. The molecule has 0 radical (unpaired) electrons. The highest BCUT2D eigenvalue weighted by atomic mass is 19.1. The summed E-state index contributed by atoms with van der Waals surface area (Å²) in [5.74, 6) is -0.0857. The lowest BCUT2D eigenvalue weighted by atomic mass is 9.94. The molecule has 1 heterocycles. The van der Waals surface area contributed by atoms with Crippen molar-refractivity contribution in [2.75, 3.05) is 13.1 Å². The maximum atomic E-state index is 13.4. The molecule has 0 bridgehead atoms. The Morgan fingerprint density at radius 1 is 1.50 bits per heavy atom. The van der Waals surface area contributed by atoms with Gasteiger partial charge in [-0.3, -0.25) is 4.79 Å². The van der Waals surface area contributed by atoms with Crippen LogP contribution < -0.4 is 10.6 Å². The van der Waals surface area contributed by atoms with Crippen molar-refractivity contribution < 1.29 is 9.18 Å². The number of nitrogens with one attached hydrogen (secondary N) is 2. The lowest BCUT2D eigenvalue weighted by Crippen LogP contribution is -2.50. The van der Waals surface area contributed by atoms with Crippen molar-refractivity contribution in [3.8, 4) is 0 Å². The maximum absolute atomic E-state index is 13.4. The Morgan fingerprint density at radius 3 is 2.94 bits per heavy atom. The Labute approximate surface area is 107 Å². The minimum atomic E-state index is -0.336. The highest BCUT2D eigenvalue weighted by Crippen LogP contribution is 2.13. The molecule has 2 N–H and O–H groups in total. The van der Waals surface area contributed by atoms with Gasteiger partial charge in [0.25, 0.3) is 5.91 Å². The molecule has 0 saturated carbocycles. The topological polar surface area (TPSA) is 41.1 Å². The standard InChI is InChI=1S/C14H19FN2O/c1-9-3-4-11(7-12(9)15)14(18)17-13-8-16-6-5-10(13)2/h3-4,7,10,13,16H,5-6,8H2,1-2H3,(H,17,18). The molecule has 0 spiro atoms. The van der Waals surface area contributed by atoms with Crippen LogP contribution >= 0.6 is 0 Å². The first kappa shape index (κ1) is 13.0. The summed E-state index contributed by atoms with van der Waals surface area (Å²) in [5, 5.41) is 6.22. The van der Waals surface area contributed by atoms with Gasteiger partial charge in [-0.1, -0.05) is 13.0 Å². The third-order valence-corrected chi connectivity index (χ3v) is 3.58. The molecule has 2 unspecified atom stereocenters. The molecule has 1 amide bonds. The Morgan fingerprint density at radius 2 is 2.28 bits per heavy atom. The van der Waals surface area contributed by atoms with E-state index in [2.05, 4.69) is 17.6 Å². The van der Waals surface area contributed by atoms with Crippen molar-refractivity contribution in [1.82, 2.24) is 10.6 Å². The number of carbonyl (C=O) groups excluding carboxylic acids is 1. The summed E-state index contributed by atoms with van der Waals surface area (Å²) in [6, 6.07) is 4.71. The van der Waals surface area contributed by atoms with Crippen LogP contribution in [0.15, 0.2) is 18.2 Å². The van der Waals surface area contributed by atoms with E-state index in [-0.39, 0.29) is 17.8 Å². The van der Waals surface area contributed by atoms with Crippen molar-refractivity contribution in [3.63, 3.8) is 0 Å². The molecule has 1 aliphatic heterocycles. The smallest absolute Gasteiger partial charge is 0.251 e. The van der Waals surface area contributed by atoms with E-state index in [1.807, 2.05) is 0 Å². The number of hydrogen-bond donors (Lipinski definition) is 2. The number of amides is 1. The molecule has 98 valence electrons. The summed E-state index contributed by atoms with van der Waals surface area (Å²) in [6.45, 7) is 5.58. The first-order valence-corrected chi connectivity index (χ1v) is 6.35. The number of carbonyl (C=O) groups is 1. The van der Waals surface area contributed by atoms with E-state index in [9.17, 15) is 9.18 Å². The molecule has 1 aromatic carbocycles. The molecule has 1 fully saturated rings. The van der Waals surface area contributed by atoms with Crippen molar-refractivity contribution in [1.29, 1.82) is 0 Å². The molecule has 1 aromatic rings. The average molecular weight is 250 g/mol. The van der Waals surface area contributed by atoms with Crippen LogP contribution in [0.25, 0.3) is 0 Å². The van der Waals surface area contributed by atoms with Gasteiger partial charge in [0.1, 0.15) is 5.82 Å². The lowest BCUT2D eigenvalue weighted by molar-refractivity contribution is 0.0915. The maximum Gasteiger partial charge on any atom is 0.251 e. The molecular weight excluding hydrogens is 231 g/mol. The van der Waals surface area contributed by atoms with E-state index < -0.39 is 0 Å². The summed E-state index contributed by atoms with van der Waals surface area (Å²) < 4.78 is 13.4. The van der Waals surface area contributed by atoms with Gasteiger partial charge in [-0.15, -0.1) is 0 Å². The number of hydrogen-bond acceptors (Lipinski definition) is 2. The molecule has 1 saturated heterocycles. The lowest BCUT2D eigenvalue weighted by Gasteiger charge is -2.30. The fourth-order valence-electron chi connectivity index (χ4n) is 2.17. The Kier molecular flexibility index (Phi) is 3.97. The van der Waals surface area contributed by atoms with Crippen LogP contribution in [-0.4, -0.2) is 25.0 Å².